The highest BCUT2D eigenvalue weighted by atomic mass is 32.2. The molecule has 1 rings (SSSR count). The van der Waals surface area contributed by atoms with E-state index in [1.54, 1.807) is 11.8 Å². The van der Waals surface area contributed by atoms with Gasteiger partial charge in [0.1, 0.15) is 0 Å². The Morgan fingerprint density at radius 2 is 1.86 bits per heavy atom. The Morgan fingerprint density at radius 3 is 2.29 bits per heavy atom. The van der Waals surface area contributed by atoms with Gasteiger partial charge in [-0.15, -0.1) is 11.8 Å². The predicted molar refractivity (Wildman–Crippen MR) is 57.9 cm³/mol. The molecule has 0 spiro atoms. The molecule has 0 fully saturated rings. The minimum absolute atomic E-state index is 0.105. The van der Waals surface area contributed by atoms with Crippen molar-refractivity contribution >= 4 is 21.9 Å². The minimum atomic E-state index is -3.34. The van der Waals surface area contributed by atoms with Crippen molar-refractivity contribution in [3.8, 4) is 0 Å². The molecule has 0 amide bonds. The molecule has 0 aliphatic carbocycles. The highest BCUT2D eigenvalue weighted by Gasteiger charge is 2.02. The van der Waals surface area contributed by atoms with E-state index in [4.69, 9.17) is 0 Å². The first-order chi connectivity index (χ1) is 6.51. The lowest BCUT2D eigenvalue weighted by Crippen LogP contribution is -2.02. The summed E-state index contributed by atoms with van der Waals surface area (Å²) in [7, 11) is -3.34. The standard InChI is InChI=1S/C9H12O3S2/c1-13-9-5-3-8(4-6-9)7-12-14(2,10)11/h3-6H,7H2,1-2H3. The topological polar surface area (TPSA) is 43.4 Å². The van der Waals surface area contributed by atoms with Crippen LogP contribution in [0.1, 0.15) is 5.56 Å². The molecule has 1 aromatic carbocycles. The molecule has 0 aliphatic rings. The molecule has 0 radical (unpaired) electrons. The molecule has 0 saturated carbocycles. The van der Waals surface area contributed by atoms with Gasteiger partial charge in [0.15, 0.2) is 0 Å². The largest absolute Gasteiger partial charge is 0.265 e. The summed E-state index contributed by atoms with van der Waals surface area (Å²) in [5, 5.41) is 0. The van der Waals surface area contributed by atoms with Gasteiger partial charge in [-0.1, -0.05) is 12.1 Å². The van der Waals surface area contributed by atoms with Crippen LogP contribution in [0.15, 0.2) is 29.2 Å². The molecule has 0 aliphatic heterocycles. The van der Waals surface area contributed by atoms with E-state index in [1.807, 2.05) is 30.5 Å². The summed E-state index contributed by atoms with van der Waals surface area (Å²) in [6.45, 7) is 0.105. The molecule has 1 aromatic rings. The second kappa shape index (κ2) is 4.82. The SMILES string of the molecule is CSc1ccc(COS(C)(=O)=O)cc1. The van der Waals surface area contributed by atoms with Crippen molar-refractivity contribution in [1.29, 1.82) is 0 Å². The Balaban J connectivity index is 2.61. The van der Waals surface area contributed by atoms with Gasteiger partial charge >= 0.3 is 0 Å². The average molecular weight is 232 g/mol. The van der Waals surface area contributed by atoms with E-state index < -0.39 is 10.1 Å². The first-order valence-corrected chi connectivity index (χ1v) is 7.03. The lowest BCUT2D eigenvalue weighted by molar-refractivity contribution is 0.311. The molecule has 0 aromatic heterocycles. The van der Waals surface area contributed by atoms with Crippen molar-refractivity contribution in [1.82, 2.24) is 0 Å². The Labute approximate surface area is 88.6 Å². The quantitative estimate of drug-likeness (QED) is 0.587. The third kappa shape index (κ3) is 4.13. The molecule has 0 unspecified atom stereocenters. The normalized spacial score (nSPS) is 11.6. The summed E-state index contributed by atoms with van der Waals surface area (Å²) < 4.78 is 26.1. The van der Waals surface area contributed by atoms with Gasteiger partial charge in [0.2, 0.25) is 0 Å². The Morgan fingerprint density at radius 1 is 1.29 bits per heavy atom. The van der Waals surface area contributed by atoms with Gasteiger partial charge in [-0.2, -0.15) is 8.42 Å². The molecule has 78 valence electrons. The zero-order chi connectivity index (χ0) is 10.6. The molecule has 0 heterocycles. The molecule has 0 atom stereocenters. The Bertz CT molecular complexity index is 381. The number of hydrogen-bond acceptors (Lipinski definition) is 4. The van der Waals surface area contributed by atoms with Crippen LogP contribution < -0.4 is 0 Å². The van der Waals surface area contributed by atoms with Crippen LogP contribution in [0, 0.1) is 0 Å². The number of benzene rings is 1. The molecule has 0 N–H and O–H groups in total. The van der Waals surface area contributed by atoms with Crippen molar-refractivity contribution < 1.29 is 12.6 Å². The van der Waals surface area contributed by atoms with Gasteiger partial charge in [0.25, 0.3) is 10.1 Å². The van der Waals surface area contributed by atoms with Crippen LogP contribution in [0.5, 0.6) is 0 Å². The fraction of sp³-hybridized carbons (Fsp3) is 0.333. The highest BCUT2D eigenvalue weighted by molar-refractivity contribution is 7.98. The van der Waals surface area contributed by atoms with Crippen molar-refractivity contribution in [3.05, 3.63) is 29.8 Å². The van der Waals surface area contributed by atoms with Crippen LogP contribution in [0.3, 0.4) is 0 Å². The van der Waals surface area contributed by atoms with Gasteiger partial charge in [-0.25, -0.2) is 0 Å². The maximum atomic E-state index is 10.7. The van der Waals surface area contributed by atoms with Crippen molar-refractivity contribution in [2.24, 2.45) is 0 Å². The first-order valence-electron chi connectivity index (χ1n) is 3.98. The molecule has 3 nitrogen and oxygen atoms in total. The van der Waals surface area contributed by atoms with Crippen LogP contribution >= 0.6 is 11.8 Å². The lowest BCUT2D eigenvalue weighted by Gasteiger charge is -2.02. The summed E-state index contributed by atoms with van der Waals surface area (Å²) in [5.41, 5.74) is 0.855. The van der Waals surface area contributed by atoms with Crippen molar-refractivity contribution in [2.45, 2.75) is 11.5 Å². The third-order valence-corrected chi connectivity index (χ3v) is 2.89. The zero-order valence-corrected chi connectivity index (χ0v) is 9.69. The summed E-state index contributed by atoms with van der Waals surface area (Å²) in [5.74, 6) is 0. The molecule has 14 heavy (non-hydrogen) atoms. The van der Waals surface area contributed by atoms with Crippen LogP contribution in [0.2, 0.25) is 0 Å². The fourth-order valence-corrected chi connectivity index (χ4v) is 1.66. The highest BCUT2D eigenvalue weighted by Crippen LogP contribution is 2.15. The number of thioether (sulfide) groups is 1. The second-order valence-corrected chi connectivity index (χ2v) is 5.34. The van der Waals surface area contributed by atoms with E-state index in [1.165, 1.54) is 0 Å². The van der Waals surface area contributed by atoms with Crippen LogP contribution in [0.25, 0.3) is 0 Å². The van der Waals surface area contributed by atoms with Gasteiger partial charge in [-0.3, -0.25) is 4.18 Å². The van der Waals surface area contributed by atoms with E-state index >= 15 is 0 Å². The monoisotopic (exact) mass is 232 g/mol. The number of hydrogen-bond donors (Lipinski definition) is 0. The summed E-state index contributed by atoms with van der Waals surface area (Å²) in [4.78, 5) is 1.15. The summed E-state index contributed by atoms with van der Waals surface area (Å²) in [6.07, 6.45) is 3.03. The maximum Gasteiger partial charge on any atom is 0.264 e. The van der Waals surface area contributed by atoms with Crippen LogP contribution in [-0.4, -0.2) is 20.9 Å². The van der Waals surface area contributed by atoms with E-state index in [2.05, 4.69) is 4.18 Å². The van der Waals surface area contributed by atoms with Gasteiger partial charge < -0.3 is 0 Å². The molecule has 0 bridgehead atoms. The first kappa shape index (κ1) is 11.6. The number of rotatable bonds is 4. The Kier molecular flexibility index (Phi) is 3.97. The maximum absolute atomic E-state index is 10.7. The fourth-order valence-electron chi connectivity index (χ4n) is 0.897. The third-order valence-electron chi connectivity index (χ3n) is 1.60. The van der Waals surface area contributed by atoms with E-state index in [0.717, 1.165) is 16.7 Å². The van der Waals surface area contributed by atoms with E-state index in [9.17, 15) is 8.42 Å². The summed E-state index contributed by atoms with van der Waals surface area (Å²) in [6, 6.07) is 7.59. The van der Waals surface area contributed by atoms with E-state index in [-0.39, 0.29) is 6.61 Å². The van der Waals surface area contributed by atoms with Gasteiger partial charge in [-0.05, 0) is 24.0 Å². The van der Waals surface area contributed by atoms with Gasteiger partial charge in [0, 0.05) is 4.90 Å². The summed E-state index contributed by atoms with van der Waals surface area (Å²) >= 11 is 1.64. The Hall–Kier alpha value is -0.520. The predicted octanol–water partition coefficient (Wildman–Crippen LogP) is 1.88. The average Bonchev–Trinajstić information content (AvgIpc) is 2.14. The smallest absolute Gasteiger partial charge is 0.264 e. The molecular formula is C9H12O3S2. The molecule has 5 heteroatoms. The zero-order valence-electron chi connectivity index (χ0n) is 8.06. The van der Waals surface area contributed by atoms with Crippen molar-refractivity contribution in [2.75, 3.05) is 12.5 Å². The minimum Gasteiger partial charge on any atom is -0.265 e. The molecule has 0 saturated heterocycles. The van der Waals surface area contributed by atoms with Crippen LogP contribution in [0.4, 0.5) is 0 Å². The van der Waals surface area contributed by atoms with Crippen molar-refractivity contribution in [3.63, 3.8) is 0 Å². The second-order valence-electron chi connectivity index (χ2n) is 2.81. The lowest BCUT2D eigenvalue weighted by atomic mass is 10.2. The van der Waals surface area contributed by atoms with Crippen LogP contribution in [-0.2, 0) is 20.9 Å². The van der Waals surface area contributed by atoms with Gasteiger partial charge in [0.05, 0.1) is 12.9 Å². The van der Waals surface area contributed by atoms with E-state index in [0.29, 0.717) is 0 Å². The molecular weight excluding hydrogens is 220 g/mol.